The van der Waals surface area contributed by atoms with E-state index >= 15 is 0 Å². The van der Waals surface area contributed by atoms with Crippen molar-refractivity contribution in [2.24, 2.45) is 17.8 Å². The molecular formula is C14H24O. The summed E-state index contributed by atoms with van der Waals surface area (Å²) in [6.07, 6.45) is 7.95. The summed E-state index contributed by atoms with van der Waals surface area (Å²) in [5, 5.41) is 0. The number of hydrogen-bond acceptors (Lipinski definition) is 1. The summed E-state index contributed by atoms with van der Waals surface area (Å²) in [5.74, 6) is 5.21. The van der Waals surface area contributed by atoms with Gasteiger partial charge in [0.05, 0.1) is 0 Å². The van der Waals surface area contributed by atoms with Crippen LogP contribution in [0.1, 0.15) is 53.4 Å². The first-order valence-electron chi connectivity index (χ1n) is 6.28. The molecule has 0 aromatic rings. The maximum atomic E-state index is 5.71. The summed E-state index contributed by atoms with van der Waals surface area (Å²) >= 11 is 0. The van der Waals surface area contributed by atoms with E-state index in [9.17, 15) is 0 Å². The molecule has 1 heteroatoms. The van der Waals surface area contributed by atoms with Gasteiger partial charge in [-0.1, -0.05) is 40.0 Å². The molecule has 0 heterocycles. The zero-order chi connectivity index (χ0) is 11.3. The molecule has 1 rings (SSSR count). The normalized spacial score (nSPS) is 30.9. The fraction of sp³-hybridized carbons (Fsp3) is 0.857. The third-order valence-electron chi connectivity index (χ3n) is 3.42. The predicted octanol–water partition coefficient (Wildman–Crippen LogP) is 3.83. The smallest absolute Gasteiger partial charge is 0.114 e. The Morgan fingerprint density at radius 3 is 2.67 bits per heavy atom. The molecule has 0 aliphatic heterocycles. The summed E-state index contributed by atoms with van der Waals surface area (Å²) in [5.41, 5.74) is 0. The van der Waals surface area contributed by atoms with E-state index in [0.29, 0.717) is 17.9 Å². The lowest BCUT2D eigenvalue weighted by atomic mass is 9.75. The molecule has 0 bridgehead atoms. The van der Waals surface area contributed by atoms with E-state index in [4.69, 9.17) is 4.74 Å². The van der Waals surface area contributed by atoms with E-state index in [1.807, 2.05) is 0 Å². The Bertz CT molecular complexity index is 233. The average molecular weight is 208 g/mol. The largest absolute Gasteiger partial charge is 0.443 e. The van der Waals surface area contributed by atoms with Gasteiger partial charge in [0.15, 0.2) is 0 Å². The lowest BCUT2D eigenvalue weighted by Gasteiger charge is -2.35. The zero-order valence-electron chi connectivity index (χ0n) is 10.5. The van der Waals surface area contributed by atoms with Gasteiger partial charge >= 0.3 is 0 Å². The van der Waals surface area contributed by atoms with Crippen molar-refractivity contribution >= 4 is 0 Å². The molecule has 0 saturated heterocycles. The topological polar surface area (TPSA) is 9.23 Å². The van der Waals surface area contributed by atoms with Gasteiger partial charge in [-0.05, 0) is 30.6 Å². The highest BCUT2D eigenvalue weighted by Gasteiger charge is 2.31. The van der Waals surface area contributed by atoms with Crippen LogP contribution < -0.4 is 0 Å². The maximum absolute atomic E-state index is 5.71. The van der Waals surface area contributed by atoms with Gasteiger partial charge in [-0.3, -0.25) is 0 Å². The van der Waals surface area contributed by atoms with Gasteiger partial charge in [0.1, 0.15) is 12.2 Å². The van der Waals surface area contributed by atoms with Crippen molar-refractivity contribution in [1.82, 2.24) is 0 Å². The van der Waals surface area contributed by atoms with Gasteiger partial charge in [0, 0.05) is 6.42 Å². The SMILES string of the molecule is CCC#COC1CC(C)CCC1C(C)C. The second-order valence-electron chi connectivity index (χ2n) is 5.11. The van der Waals surface area contributed by atoms with Gasteiger partial charge in [-0.15, -0.1) is 0 Å². The minimum absolute atomic E-state index is 0.368. The van der Waals surface area contributed by atoms with Crippen LogP contribution >= 0.6 is 0 Å². The highest BCUT2D eigenvalue weighted by molar-refractivity contribution is 4.92. The van der Waals surface area contributed by atoms with Crippen LogP contribution in [0, 0.1) is 29.8 Å². The molecule has 15 heavy (non-hydrogen) atoms. The molecule has 3 atom stereocenters. The monoisotopic (exact) mass is 208 g/mol. The number of hydrogen-bond donors (Lipinski definition) is 0. The fourth-order valence-electron chi connectivity index (χ4n) is 2.44. The van der Waals surface area contributed by atoms with Crippen LogP contribution in [-0.2, 0) is 4.74 Å². The molecule has 0 radical (unpaired) electrons. The van der Waals surface area contributed by atoms with E-state index in [1.165, 1.54) is 19.3 Å². The van der Waals surface area contributed by atoms with Crippen molar-refractivity contribution in [3.05, 3.63) is 0 Å². The molecule has 86 valence electrons. The van der Waals surface area contributed by atoms with Crippen LogP contribution in [-0.4, -0.2) is 6.10 Å². The van der Waals surface area contributed by atoms with Gasteiger partial charge < -0.3 is 4.74 Å². The Balaban J connectivity index is 2.54. The van der Waals surface area contributed by atoms with Gasteiger partial charge in [-0.25, -0.2) is 0 Å². The lowest BCUT2D eigenvalue weighted by molar-refractivity contribution is 0.0251. The van der Waals surface area contributed by atoms with Crippen molar-refractivity contribution in [3.8, 4) is 12.0 Å². The Hall–Kier alpha value is -0.640. The maximum Gasteiger partial charge on any atom is 0.114 e. The van der Waals surface area contributed by atoms with Crippen molar-refractivity contribution in [2.75, 3.05) is 0 Å². The van der Waals surface area contributed by atoms with Crippen LogP contribution in [0.25, 0.3) is 0 Å². The lowest BCUT2D eigenvalue weighted by Crippen LogP contribution is -2.33. The molecule has 0 amide bonds. The second-order valence-corrected chi connectivity index (χ2v) is 5.11. The van der Waals surface area contributed by atoms with E-state index in [-0.39, 0.29) is 0 Å². The summed E-state index contributed by atoms with van der Waals surface area (Å²) in [6, 6.07) is 0. The average Bonchev–Trinajstić information content (AvgIpc) is 2.18. The molecule has 0 aromatic carbocycles. The number of rotatable bonds is 2. The molecule has 1 saturated carbocycles. The first-order valence-corrected chi connectivity index (χ1v) is 6.28. The summed E-state index contributed by atoms with van der Waals surface area (Å²) in [4.78, 5) is 0. The Morgan fingerprint density at radius 2 is 2.07 bits per heavy atom. The fourth-order valence-corrected chi connectivity index (χ4v) is 2.44. The van der Waals surface area contributed by atoms with Crippen LogP contribution in [0.5, 0.6) is 0 Å². The summed E-state index contributed by atoms with van der Waals surface area (Å²) in [6.45, 7) is 8.97. The summed E-state index contributed by atoms with van der Waals surface area (Å²) < 4.78 is 5.71. The second kappa shape index (κ2) is 6.05. The van der Waals surface area contributed by atoms with Gasteiger partial charge in [0.25, 0.3) is 0 Å². The van der Waals surface area contributed by atoms with Crippen molar-refractivity contribution in [2.45, 2.75) is 59.5 Å². The zero-order valence-corrected chi connectivity index (χ0v) is 10.5. The predicted molar refractivity (Wildman–Crippen MR) is 64.3 cm³/mol. The third kappa shape index (κ3) is 3.78. The first kappa shape index (κ1) is 12.4. The molecule has 1 aliphatic carbocycles. The molecule has 3 unspecified atom stereocenters. The van der Waals surface area contributed by atoms with Gasteiger partial charge in [0.2, 0.25) is 0 Å². The Kier molecular flexibility index (Phi) is 5.02. The van der Waals surface area contributed by atoms with Crippen molar-refractivity contribution in [1.29, 1.82) is 0 Å². The van der Waals surface area contributed by atoms with E-state index in [0.717, 1.165) is 12.3 Å². The van der Waals surface area contributed by atoms with Crippen LogP contribution in [0.4, 0.5) is 0 Å². The van der Waals surface area contributed by atoms with E-state index in [2.05, 4.69) is 39.7 Å². The van der Waals surface area contributed by atoms with Crippen LogP contribution in [0.15, 0.2) is 0 Å². The minimum atomic E-state index is 0.368. The van der Waals surface area contributed by atoms with E-state index in [1.54, 1.807) is 0 Å². The van der Waals surface area contributed by atoms with Crippen LogP contribution in [0.3, 0.4) is 0 Å². The van der Waals surface area contributed by atoms with Gasteiger partial charge in [-0.2, -0.15) is 0 Å². The van der Waals surface area contributed by atoms with Crippen LogP contribution in [0.2, 0.25) is 0 Å². The molecule has 0 N–H and O–H groups in total. The Labute approximate surface area is 94.6 Å². The summed E-state index contributed by atoms with van der Waals surface area (Å²) in [7, 11) is 0. The minimum Gasteiger partial charge on any atom is -0.443 e. The molecule has 0 aromatic heterocycles. The van der Waals surface area contributed by atoms with Crippen molar-refractivity contribution in [3.63, 3.8) is 0 Å². The first-order chi connectivity index (χ1) is 7.15. The number of ether oxygens (including phenoxy) is 1. The highest BCUT2D eigenvalue weighted by Crippen LogP contribution is 2.35. The highest BCUT2D eigenvalue weighted by atomic mass is 16.5. The molecule has 0 spiro atoms. The standard InChI is InChI=1S/C14H24O/c1-5-6-9-15-14-10-12(4)7-8-13(14)11(2)3/h11-14H,5,7-8,10H2,1-4H3. The molecule has 1 fully saturated rings. The third-order valence-corrected chi connectivity index (χ3v) is 3.42. The van der Waals surface area contributed by atoms with E-state index < -0.39 is 0 Å². The Morgan fingerprint density at radius 1 is 1.33 bits per heavy atom. The molecule has 1 nitrogen and oxygen atoms in total. The van der Waals surface area contributed by atoms with Crippen molar-refractivity contribution < 1.29 is 4.74 Å². The molecular weight excluding hydrogens is 184 g/mol. The quantitative estimate of drug-likeness (QED) is 0.627. The molecule has 1 aliphatic rings.